The van der Waals surface area contributed by atoms with Gasteiger partial charge in [-0.2, -0.15) is 0 Å². The summed E-state index contributed by atoms with van der Waals surface area (Å²) in [6, 6.07) is 0. The van der Waals surface area contributed by atoms with Crippen molar-refractivity contribution >= 4 is 12.5 Å². The molecule has 5 nitrogen and oxygen atoms in total. The van der Waals surface area contributed by atoms with E-state index < -0.39 is 11.7 Å². The van der Waals surface area contributed by atoms with E-state index in [0.717, 1.165) is 0 Å². The molecule has 1 atom stereocenters. The molecule has 1 N–H and O–H groups in total. The zero-order valence-corrected chi connectivity index (χ0v) is 9.19. The molecule has 1 rings (SSSR count). The second-order valence-electron chi connectivity index (χ2n) is 4.31. The Kier molecular flexibility index (Phi) is 3.34. The number of ether oxygens (including phenoxy) is 1. The van der Waals surface area contributed by atoms with Gasteiger partial charge in [0.2, 0.25) is 6.41 Å². The number of nitrogens with one attached hydrogen (secondary N) is 1. The fraction of sp³-hybridized carbons (Fsp3) is 0.600. The fourth-order valence-corrected chi connectivity index (χ4v) is 1.25. The summed E-state index contributed by atoms with van der Waals surface area (Å²) in [6.45, 7) is 5.40. The highest BCUT2D eigenvalue weighted by Crippen LogP contribution is 2.16. The van der Waals surface area contributed by atoms with Crippen LogP contribution in [0.1, 0.15) is 27.2 Å². The zero-order valence-electron chi connectivity index (χ0n) is 9.19. The Balaban J connectivity index is 2.58. The molecular formula is C10H16N2O3. The molecular weight excluding hydrogens is 196 g/mol. The third-order valence-electron chi connectivity index (χ3n) is 1.83. The zero-order chi connectivity index (χ0) is 11.5. The number of carbonyl (C=O) groups excluding carboxylic acids is 2. The van der Waals surface area contributed by atoms with Crippen LogP contribution < -0.4 is 5.32 Å². The lowest BCUT2D eigenvalue weighted by molar-refractivity contribution is -0.110. The summed E-state index contributed by atoms with van der Waals surface area (Å²) in [5, 5.41) is 2.54. The van der Waals surface area contributed by atoms with Crippen molar-refractivity contribution in [2.24, 2.45) is 0 Å². The van der Waals surface area contributed by atoms with Crippen molar-refractivity contribution in [2.45, 2.75) is 39.0 Å². The van der Waals surface area contributed by atoms with Crippen LogP contribution >= 0.6 is 0 Å². The molecule has 0 saturated carbocycles. The highest BCUT2D eigenvalue weighted by molar-refractivity contribution is 5.70. The normalized spacial score (nSPS) is 20.2. The van der Waals surface area contributed by atoms with E-state index in [9.17, 15) is 9.59 Å². The second kappa shape index (κ2) is 4.33. The van der Waals surface area contributed by atoms with Gasteiger partial charge in [0.25, 0.3) is 0 Å². The van der Waals surface area contributed by atoms with Crippen LogP contribution in [0.25, 0.3) is 0 Å². The molecule has 15 heavy (non-hydrogen) atoms. The monoisotopic (exact) mass is 212 g/mol. The van der Waals surface area contributed by atoms with Crippen molar-refractivity contribution in [3.05, 3.63) is 12.3 Å². The van der Waals surface area contributed by atoms with Crippen molar-refractivity contribution in [1.29, 1.82) is 0 Å². The van der Waals surface area contributed by atoms with Gasteiger partial charge < -0.3 is 10.1 Å². The van der Waals surface area contributed by atoms with Gasteiger partial charge in [-0.15, -0.1) is 0 Å². The lowest BCUT2D eigenvalue weighted by atomic mass is 10.2. The van der Waals surface area contributed by atoms with Gasteiger partial charge in [0.15, 0.2) is 0 Å². The Morgan fingerprint density at radius 1 is 1.60 bits per heavy atom. The second-order valence-corrected chi connectivity index (χ2v) is 4.31. The third-order valence-corrected chi connectivity index (χ3v) is 1.83. The first-order valence-corrected chi connectivity index (χ1v) is 4.82. The summed E-state index contributed by atoms with van der Waals surface area (Å²) >= 11 is 0. The first-order valence-electron chi connectivity index (χ1n) is 4.82. The largest absolute Gasteiger partial charge is 0.443 e. The predicted molar refractivity (Wildman–Crippen MR) is 54.8 cm³/mol. The van der Waals surface area contributed by atoms with E-state index in [1.807, 2.05) is 6.08 Å². The maximum absolute atomic E-state index is 11.6. The Morgan fingerprint density at radius 3 is 2.80 bits per heavy atom. The molecule has 1 aliphatic heterocycles. The van der Waals surface area contributed by atoms with Gasteiger partial charge in [-0.25, -0.2) is 4.79 Å². The van der Waals surface area contributed by atoms with E-state index in [2.05, 4.69) is 5.32 Å². The summed E-state index contributed by atoms with van der Waals surface area (Å²) < 4.78 is 5.18. The van der Waals surface area contributed by atoms with Gasteiger partial charge in [0, 0.05) is 12.6 Å². The molecule has 0 unspecified atom stereocenters. The molecule has 0 radical (unpaired) electrons. The Bertz CT molecular complexity index is 281. The van der Waals surface area contributed by atoms with E-state index in [1.54, 1.807) is 27.0 Å². The number of carbonyl (C=O) groups is 2. The molecule has 0 saturated heterocycles. The topological polar surface area (TPSA) is 58.6 Å². The molecule has 0 aliphatic carbocycles. The van der Waals surface area contributed by atoms with Crippen molar-refractivity contribution < 1.29 is 14.3 Å². The molecule has 0 bridgehead atoms. The first kappa shape index (κ1) is 11.6. The standard InChI is InChI=1S/C10H16N2O3/c1-10(2,3)15-9(14)12-6-4-5-8(12)11-7-13/h4,6-8H,5H2,1-3H3,(H,11,13)/t8-/m0/s1. The van der Waals surface area contributed by atoms with Gasteiger partial charge in [-0.1, -0.05) is 6.08 Å². The van der Waals surface area contributed by atoms with Crippen molar-refractivity contribution in [3.8, 4) is 0 Å². The van der Waals surface area contributed by atoms with Crippen molar-refractivity contribution in [2.75, 3.05) is 0 Å². The van der Waals surface area contributed by atoms with E-state index in [-0.39, 0.29) is 6.17 Å². The molecule has 0 fully saturated rings. The highest BCUT2D eigenvalue weighted by Gasteiger charge is 2.28. The summed E-state index contributed by atoms with van der Waals surface area (Å²) in [4.78, 5) is 23.3. The van der Waals surface area contributed by atoms with Crippen LogP contribution in [0.15, 0.2) is 12.3 Å². The predicted octanol–water partition coefficient (Wildman–Crippen LogP) is 1.21. The molecule has 84 valence electrons. The van der Waals surface area contributed by atoms with Gasteiger partial charge in [0.1, 0.15) is 11.8 Å². The minimum Gasteiger partial charge on any atom is -0.443 e. The third kappa shape index (κ3) is 3.27. The van der Waals surface area contributed by atoms with Gasteiger partial charge in [-0.3, -0.25) is 9.69 Å². The van der Waals surface area contributed by atoms with E-state index >= 15 is 0 Å². The first-order chi connectivity index (χ1) is 6.94. The molecule has 0 aromatic rings. The minimum absolute atomic E-state index is 0.322. The van der Waals surface area contributed by atoms with Crippen LogP contribution in [0.3, 0.4) is 0 Å². The minimum atomic E-state index is -0.529. The van der Waals surface area contributed by atoms with E-state index in [0.29, 0.717) is 12.8 Å². The van der Waals surface area contributed by atoms with E-state index in [4.69, 9.17) is 4.74 Å². The summed E-state index contributed by atoms with van der Waals surface area (Å²) in [7, 11) is 0. The molecule has 0 aromatic carbocycles. The van der Waals surface area contributed by atoms with Gasteiger partial charge in [-0.05, 0) is 20.8 Å². The van der Waals surface area contributed by atoms with Crippen LogP contribution in [0, 0.1) is 0 Å². The lowest BCUT2D eigenvalue weighted by Crippen LogP contribution is -2.44. The average Bonchev–Trinajstić information content (AvgIpc) is 2.49. The van der Waals surface area contributed by atoms with Crippen LogP contribution in [0.2, 0.25) is 0 Å². The molecule has 5 heteroatoms. The van der Waals surface area contributed by atoms with Crippen molar-refractivity contribution in [1.82, 2.24) is 10.2 Å². The van der Waals surface area contributed by atoms with E-state index in [1.165, 1.54) is 4.90 Å². The molecule has 0 aromatic heterocycles. The summed E-state index contributed by atoms with van der Waals surface area (Å²) in [5.74, 6) is 0. The number of amides is 2. The van der Waals surface area contributed by atoms with Crippen molar-refractivity contribution in [3.63, 3.8) is 0 Å². The summed E-state index contributed by atoms with van der Waals surface area (Å²) in [6.07, 6.45) is 3.85. The van der Waals surface area contributed by atoms with Crippen LogP contribution in [0.5, 0.6) is 0 Å². The SMILES string of the molecule is CC(C)(C)OC(=O)N1C=CC[C@H]1NC=O. The number of hydrogen-bond donors (Lipinski definition) is 1. The van der Waals surface area contributed by atoms with Gasteiger partial charge in [0.05, 0.1) is 0 Å². The maximum Gasteiger partial charge on any atom is 0.416 e. The van der Waals surface area contributed by atoms with Crippen LogP contribution in [-0.2, 0) is 9.53 Å². The number of rotatable bonds is 2. The smallest absolute Gasteiger partial charge is 0.416 e. The van der Waals surface area contributed by atoms with Crippen LogP contribution in [-0.4, -0.2) is 29.2 Å². The van der Waals surface area contributed by atoms with Crippen LogP contribution in [0.4, 0.5) is 4.79 Å². The van der Waals surface area contributed by atoms with Gasteiger partial charge >= 0.3 is 6.09 Å². The lowest BCUT2D eigenvalue weighted by Gasteiger charge is -2.27. The summed E-state index contributed by atoms with van der Waals surface area (Å²) in [5.41, 5.74) is -0.529. The quantitative estimate of drug-likeness (QED) is 0.700. The number of nitrogens with zero attached hydrogens (tertiary/aromatic N) is 1. The maximum atomic E-state index is 11.6. The number of hydrogen-bond acceptors (Lipinski definition) is 3. The average molecular weight is 212 g/mol. The Morgan fingerprint density at radius 2 is 2.27 bits per heavy atom. The molecule has 1 aliphatic rings. The Labute approximate surface area is 89.1 Å². The Hall–Kier alpha value is -1.52. The highest BCUT2D eigenvalue weighted by atomic mass is 16.6. The fourth-order valence-electron chi connectivity index (χ4n) is 1.25. The molecule has 1 heterocycles. The molecule has 2 amide bonds. The molecule has 0 spiro atoms.